The molecule has 0 aromatic carbocycles. The molecule has 2 aliphatic heterocycles. The number of amidine groups is 1. The first-order valence-corrected chi connectivity index (χ1v) is 7.76. The van der Waals surface area contributed by atoms with Gasteiger partial charge in [0, 0.05) is 32.9 Å². The van der Waals surface area contributed by atoms with E-state index < -0.39 is 10.5 Å². The lowest BCUT2D eigenvalue weighted by molar-refractivity contribution is -0.133. The highest BCUT2D eigenvalue weighted by Gasteiger charge is 2.48. The summed E-state index contributed by atoms with van der Waals surface area (Å²) in [6.45, 7) is 8.05. The van der Waals surface area contributed by atoms with E-state index in [2.05, 4.69) is 5.10 Å². The largest absolute Gasteiger partial charge is 0.444 e. The summed E-state index contributed by atoms with van der Waals surface area (Å²) in [7, 11) is 0. The van der Waals surface area contributed by atoms with Gasteiger partial charge in [-0.3, -0.25) is 4.79 Å². The molecule has 21 heavy (non-hydrogen) atoms. The van der Waals surface area contributed by atoms with E-state index in [9.17, 15) is 9.59 Å². The molecule has 2 heterocycles. The van der Waals surface area contributed by atoms with Crippen molar-refractivity contribution in [1.82, 2.24) is 9.91 Å². The van der Waals surface area contributed by atoms with Gasteiger partial charge in [0.15, 0.2) is 5.17 Å². The predicted octanol–water partition coefficient (Wildman–Crippen LogP) is 1.54. The number of likely N-dealkylation sites (tertiary alicyclic amines) is 1. The third-order valence-electron chi connectivity index (χ3n) is 3.37. The second-order valence-electron chi connectivity index (χ2n) is 6.28. The van der Waals surface area contributed by atoms with E-state index in [-0.39, 0.29) is 12.0 Å². The minimum atomic E-state index is -0.507. The van der Waals surface area contributed by atoms with E-state index in [1.165, 1.54) is 23.7 Å². The van der Waals surface area contributed by atoms with E-state index in [0.717, 1.165) is 0 Å². The van der Waals surface area contributed by atoms with Gasteiger partial charge in [0.05, 0.1) is 0 Å². The summed E-state index contributed by atoms with van der Waals surface area (Å²) in [5.41, 5.74) is 5.25. The third-order valence-corrected chi connectivity index (χ3v) is 4.63. The van der Waals surface area contributed by atoms with Gasteiger partial charge < -0.3 is 15.4 Å². The summed E-state index contributed by atoms with van der Waals surface area (Å²) in [5.74, 6) is -0.131. The Labute approximate surface area is 128 Å². The number of amides is 2. The van der Waals surface area contributed by atoms with Crippen molar-refractivity contribution >= 4 is 28.9 Å². The summed E-state index contributed by atoms with van der Waals surface area (Å²) in [5, 5.41) is 5.96. The summed E-state index contributed by atoms with van der Waals surface area (Å²) in [6.07, 6.45) is 0.935. The zero-order chi connectivity index (χ0) is 15.8. The summed E-state index contributed by atoms with van der Waals surface area (Å²) < 4.78 is 5.37. The lowest BCUT2D eigenvalue weighted by Crippen LogP contribution is -2.53. The number of hydrogen-bond donors (Lipinski definition) is 1. The fourth-order valence-electron chi connectivity index (χ4n) is 2.48. The minimum absolute atomic E-state index is 0.131. The summed E-state index contributed by atoms with van der Waals surface area (Å²) in [6, 6.07) is 0. The van der Waals surface area contributed by atoms with Gasteiger partial charge in [-0.05, 0) is 20.8 Å². The molecular formula is C13H22N4O3S. The molecule has 8 heteroatoms. The maximum absolute atomic E-state index is 12.1. The molecule has 0 unspecified atom stereocenters. The van der Waals surface area contributed by atoms with Crippen LogP contribution in [0.5, 0.6) is 0 Å². The Morgan fingerprint density at radius 3 is 2.38 bits per heavy atom. The number of carbonyl (C=O) groups is 2. The van der Waals surface area contributed by atoms with Gasteiger partial charge >= 0.3 is 6.09 Å². The lowest BCUT2D eigenvalue weighted by Gasteiger charge is -2.41. The second kappa shape index (κ2) is 5.40. The van der Waals surface area contributed by atoms with E-state index in [0.29, 0.717) is 31.1 Å². The zero-order valence-corrected chi connectivity index (χ0v) is 13.7. The highest BCUT2D eigenvalue weighted by molar-refractivity contribution is 8.15. The predicted molar refractivity (Wildman–Crippen MR) is 81.5 cm³/mol. The summed E-state index contributed by atoms with van der Waals surface area (Å²) in [4.78, 5) is 25.0. The molecule has 0 saturated carbocycles. The smallest absolute Gasteiger partial charge is 0.410 e. The standard InChI is InChI=1S/C13H22N4O3S/c1-9(18)17-13(21-10(14)15-17)5-7-16(8-6-13)11(19)20-12(2,3)4/h5-8H2,1-4H3,(H2,14,15). The molecule has 1 fully saturated rings. The Hall–Kier alpha value is -1.44. The first kappa shape index (κ1) is 15.9. The molecule has 1 spiro atoms. The van der Waals surface area contributed by atoms with Crippen LogP contribution in [0.3, 0.4) is 0 Å². The van der Waals surface area contributed by atoms with Gasteiger partial charge in [-0.2, -0.15) is 0 Å². The topological polar surface area (TPSA) is 88.2 Å². The first-order chi connectivity index (χ1) is 9.63. The Morgan fingerprint density at radius 2 is 1.90 bits per heavy atom. The van der Waals surface area contributed by atoms with E-state index in [1.54, 1.807) is 4.90 Å². The molecule has 0 aromatic rings. The van der Waals surface area contributed by atoms with Crippen LogP contribution in [-0.2, 0) is 9.53 Å². The molecule has 7 nitrogen and oxygen atoms in total. The van der Waals surface area contributed by atoms with Crippen molar-refractivity contribution in [2.45, 2.75) is 51.0 Å². The van der Waals surface area contributed by atoms with Crippen LogP contribution in [0.25, 0.3) is 0 Å². The van der Waals surface area contributed by atoms with Crippen molar-refractivity contribution in [2.24, 2.45) is 10.8 Å². The van der Waals surface area contributed by atoms with Crippen LogP contribution < -0.4 is 5.73 Å². The quantitative estimate of drug-likeness (QED) is 0.732. The second-order valence-corrected chi connectivity index (χ2v) is 7.67. The highest BCUT2D eigenvalue weighted by Crippen LogP contribution is 2.44. The van der Waals surface area contributed by atoms with Crippen LogP contribution in [0.2, 0.25) is 0 Å². The molecule has 2 N–H and O–H groups in total. The van der Waals surface area contributed by atoms with Crippen LogP contribution in [-0.4, -0.2) is 50.6 Å². The van der Waals surface area contributed by atoms with Gasteiger partial charge in [0.25, 0.3) is 0 Å². The molecule has 0 radical (unpaired) electrons. The summed E-state index contributed by atoms with van der Waals surface area (Å²) >= 11 is 1.41. The number of rotatable bonds is 0. The van der Waals surface area contributed by atoms with Crippen LogP contribution in [0.15, 0.2) is 5.10 Å². The van der Waals surface area contributed by atoms with Crippen molar-refractivity contribution in [3.05, 3.63) is 0 Å². The molecule has 0 aromatic heterocycles. The van der Waals surface area contributed by atoms with Gasteiger partial charge in [-0.25, -0.2) is 9.80 Å². The average molecular weight is 314 g/mol. The van der Waals surface area contributed by atoms with E-state index >= 15 is 0 Å². The van der Waals surface area contributed by atoms with Crippen LogP contribution in [0.4, 0.5) is 4.79 Å². The van der Waals surface area contributed by atoms with Crippen molar-refractivity contribution in [3.8, 4) is 0 Å². The van der Waals surface area contributed by atoms with E-state index in [4.69, 9.17) is 10.5 Å². The number of nitrogens with zero attached hydrogens (tertiary/aromatic N) is 3. The molecular weight excluding hydrogens is 292 g/mol. The lowest BCUT2D eigenvalue weighted by atomic mass is 10.0. The molecule has 0 bridgehead atoms. The SMILES string of the molecule is CC(=O)N1N=C(N)SC12CCN(C(=O)OC(C)(C)C)CC2. The van der Waals surface area contributed by atoms with Crippen molar-refractivity contribution in [2.75, 3.05) is 13.1 Å². The van der Waals surface area contributed by atoms with Gasteiger partial charge in [-0.15, -0.1) is 5.10 Å². The molecule has 0 atom stereocenters. The fourth-order valence-corrected chi connectivity index (χ4v) is 3.64. The number of ether oxygens (including phenoxy) is 1. The van der Waals surface area contributed by atoms with Gasteiger partial charge in [0.1, 0.15) is 10.5 Å². The monoisotopic (exact) mass is 314 g/mol. The molecule has 2 aliphatic rings. The Bertz CT molecular complexity index is 478. The third kappa shape index (κ3) is 3.42. The molecule has 118 valence electrons. The van der Waals surface area contributed by atoms with Crippen molar-refractivity contribution in [1.29, 1.82) is 0 Å². The number of nitrogens with two attached hydrogens (primary N) is 1. The van der Waals surface area contributed by atoms with Crippen LogP contribution in [0.1, 0.15) is 40.5 Å². The molecule has 1 saturated heterocycles. The van der Waals surface area contributed by atoms with Crippen LogP contribution >= 0.6 is 11.8 Å². The normalized spacial score (nSPS) is 21.4. The minimum Gasteiger partial charge on any atom is -0.444 e. The fraction of sp³-hybridized carbons (Fsp3) is 0.769. The van der Waals surface area contributed by atoms with Crippen molar-refractivity contribution < 1.29 is 14.3 Å². The maximum Gasteiger partial charge on any atom is 0.410 e. The number of hydrazone groups is 1. The number of piperidine rings is 1. The number of hydrogen-bond acceptors (Lipinski definition) is 6. The molecule has 2 rings (SSSR count). The number of carbonyl (C=O) groups excluding carboxylic acids is 2. The average Bonchev–Trinajstić information content (AvgIpc) is 2.65. The van der Waals surface area contributed by atoms with Gasteiger partial charge in [0.2, 0.25) is 5.91 Å². The zero-order valence-electron chi connectivity index (χ0n) is 12.9. The van der Waals surface area contributed by atoms with Gasteiger partial charge in [-0.1, -0.05) is 11.8 Å². The maximum atomic E-state index is 12.1. The van der Waals surface area contributed by atoms with Crippen LogP contribution in [0, 0.1) is 0 Å². The molecule has 2 amide bonds. The van der Waals surface area contributed by atoms with E-state index in [1.807, 2.05) is 20.8 Å². The number of thioether (sulfide) groups is 1. The van der Waals surface area contributed by atoms with Crippen molar-refractivity contribution in [3.63, 3.8) is 0 Å². The Balaban J connectivity index is 2.00. The molecule has 0 aliphatic carbocycles. The Morgan fingerprint density at radius 1 is 1.33 bits per heavy atom. The Kier molecular flexibility index (Phi) is 4.10. The first-order valence-electron chi connectivity index (χ1n) is 6.95. The highest BCUT2D eigenvalue weighted by atomic mass is 32.2.